The molecule has 3 nitrogen and oxygen atoms in total. The Balaban J connectivity index is 0.00000147. The zero-order valence-electron chi connectivity index (χ0n) is 11.7. The van der Waals surface area contributed by atoms with Gasteiger partial charge in [-0.25, -0.2) is 4.98 Å². The lowest BCUT2D eigenvalue weighted by molar-refractivity contribution is 0.584. The van der Waals surface area contributed by atoms with Crippen molar-refractivity contribution in [1.29, 1.82) is 0 Å². The van der Waals surface area contributed by atoms with E-state index in [9.17, 15) is 0 Å². The summed E-state index contributed by atoms with van der Waals surface area (Å²) in [5.41, 5.74) is 3.32. The Hall–Kier alpha value is -1.03. The van der Waals surface area contributed by atoms with Crippen LogP contribution in [0.3, 0.4) is 0 Å². The first-order valence-corrected chi connectivity index (χ1v) is 7.07. The van der Waals surface area contributed by atoms with E-state index in [1.165, 1.54) is 10.9 Å². The van der Waals surface area contributed by atoms with E-state index in [4.69, 9.17) is 16.6 Å². The summed E-state index contributed by atoms with van der Waals surface area (Å²) in [4.78, 5) is 7.23. The maximum absolute atomic E-state index is 6.20. The summed E-state index contributed by atoms with van der Waals surface area (Å²) in [5.74, 6) is 1.10. The average molecular weight is 312 g/mol. The zero-order chi connectivity index (χ0) is 13.4. The number of aryl methyl sites for hydroxylation is 2. The average Bonchev–Trinajstić information content (AvgIpc) is 2.44. The fraction of sp³-hybridized carbons (Fsp3) is 0.400. The first-order valence-electron chi connectivity index (χ1n) is 6.69. The van der Waals surface area contributed by atoms with Crippen molar-refractivity contribution in [3.05, 3.63) is 34.3 Å². The molecule has 1 aromatic heterocycles. The number of hydrogen-bond donors (Lipinski definition) is 1. The SMILES string of the molecule is Cc1cc2ccc(Cl)c(C)c2nc1N1CCNCC1.Cl. The maximum Gasteiger partial charge on any atom is 0.132 e. The predicted octanol–water partition coefficient (Wildman–Crippen LogP) is 3.34. The van der Waals surface area contributed by atoms with E-state index in [-0.39, 0.29) is 12.4 Å². The lowest BCUT2D eigenvalue weighted by Crippen LogP contribution is -2.44. The summed E-state index contributed by atoms with van der Waals surface area (Å²) >= 11 is 6.20. The number of nitrogens with zero attached hydrogens (tertiary/aromatic N) is 2. The molecule has 108 valence electrons. The second-order valence-corrected chi connectivity index (χ2v) is 5.52. The van der Waals surface area contributed by atoms with Crippen molar-refractivity contribution in [3.63, 3.8) is 0 Å². The summed E-state index contributed by atoms with van der Waals surface area (Å²) in [6.07, 6.45) is 0. The summed E-state index contributed by atoms with van der Waals surface area (Å²) in [5, 5.41) is 5.32. The minimum Gasteiger partial charge on any atom is -0.354 e. The largest absolute Gasteiger partial charge is 0.354 e. The molecular weight excluding hydrogens is 293 g/mol. The molecule has 20 heavy (non-hydrogen) atoms. The van der Waals surface area contributed by atoms with Crippen LogP contribution in [0.1, 0.15) is 11.1 Å². The minimum absolute atomic E-state index is 0. The number of nitrogens with one attached hydrogen (secondary N) is 1. The van der Waals surface area contributed by atoms with E-state index in [2.05, 4.69) is 23.2 Å². The first-order chi connectivity index (χ1) is 9.16. The van der Waals surface area contributed by atoms with Crippen LogP contribution in [0, 0.1) is 13.8 Å². The molecule has 0 spiro atoms. The third-order valence-electron chi connectivity index (χ3n) is 3.76. The molecule has 1 saturated heterocycles. The molecule has 1 fully saturated rings. The van der Waals surface area contributed by atoms with Gasteiger partial charge in [0.25, 0.3) is 0 Å². The number of benzene rings is 1. The summed E-state index contributed by atoms with van der Waals surface area (Å²) in [6, 6.07) is 6.21. The van der Waals surface area contributed by atoms with Crippen molar-refractivity contribution in [2.75, 3.05) is 31.1 Å². The number of halogens is 2. The molecule has 0 amide bonds. The highest BCUT2D eigenvalue weighted by atomic mass is 35.5. The molecule has 1 aromatic carbocycles. The Bertz CT molecular complexity index is 622. The molecule has 2 heterocycles. The third kappa shape index (κ3) is 2.71. The van der Waals surface area contributed by atoms with Crippen LogP contribution in [0.15, 0.2) is 18.2 Å². The highest BCUT2D eigenvalue weighted by Crippen LogP contribution is 2.28. The first kappa shape index (κ1) is 15.4. The monoisotopic (exact) mass is 311 g/mol. The smallest absolute Gasteiger partial charge is 0.132 e. The number of anilines is 1. The highest BCUT2D eigenvalue weighted by Gasteiger charge is 2.15. The van der Waals surface area contributed by atoms with E-state index >= 15 is 0 Å². The van der Waals surface area contributed by atoms with Gasteiger partial charge >= 0.3 is 0 Å². The summed E-state index contributed by atoms with van der Waals surface area (Å²) in [6.45, 7) is 8.24. The molecule has 0 saturated carbocycles. The summed E-state index contributed by atoms with van der Waals surface area (Å²) in [7, 11) is 0. The molecule has 0 unspecified atom stereocenters. The Morgan fingerprint density at radius 3 is 2.60 bits per heavy atom. The van der Waals surface area contributed by atoms with Crippen LogP contribution in [0.2, 0.25) is 5.02 Å². The third-order valence-corrected chi connectivity index (χ3v) is 4.16. The fourth-order valence-electron chi connectivity index (χ4n) is 2.65. The molecule has 0 aliphatic carbocycles. The molecule has 2 aromatic rings. The van der Waals surface area contributed by atoms with E-state index in [1.807, 2.05) is 19.1 Å². The second kappa shape index (κ2) is 6.17. The van der Waals surface area contributed by atoms with Gasteiger partial charge in [0.2, 0.25) is 0 Å². The van der Waals surface area contributed by atoms with Crippen molar-refractivity contribution in [2.45, 2.75) is 13.8 Å². The van der Waals surface area contributed by atoms with Gasteiger partial charge in [0.1, 0.15) is 5.82 Å². The van der Waals surface area contributed by atoms with Crippen LogP contribution in [0.5, 0.6) is 0 Å². The standard InChI is InChI=1S/C15H18ClN3.ClH/c1-10-9-12-3-4-13(16)11(2)14(12)18-15(10)19-7-5-17-6-8-19;/h3-4,9,17H,5-8H2,1-2H3;1H. The van der Waals surface area contributed by atoms with E-state index in [0.29, 0.717) is 0 Å². The van der Waals surface area contributed by atoms with Gasteiger partial charge in [-0.2, -0.15) is 0 Å². The summed E-state index contributed by atoms with van der Waals surface area (Å²) < 4.78 is 0. The van der Waals surface area contributed by atoms with Gasteiger partial charge in [-0.1, -0.05) is 17.7 Å². The highest BCUT2D eigenvalue weighted by molar-refractivity contribution is 6.32. The van der Waals surface area contributed by atoms with Crippen LogP contribution in [-0.4, -0.2) is 31.2 Å². The van der Waals surface area contributed by atoms with Crippen LogP contribution >= 0.6 is 24.0 Å². The van der Waals surface area contributed by atoms with Crippen molar-refractivity contribution in [3.8, 4) is 0 Å². The Labute approximate surface area is 130 Å². The number of piperazine rings is 1. The maximum atomic E-state index is 6.20. The van der Waals surface area contributed by atoms with E-state index in [0.717, 1.165) is 48.1 Å². The molecule has 0 atom stereocenters. The van der Waals surface area contributed by atoms with Gasteiger partial charge in [-0.3, -0.25) is 0 Å². The number of pyridine rings is 1. The molecule has 1 aliphatic rings. The molecule has 1 N–H and O–H groups in total. The Morgan fingerprint density at radius 1 is 1.20 bits per heavy atom. The Kier molecular flexibility index (Phi) is 4.74. The molecular formula is C15H19Cl2N3. The van der Waals surface area contributed by atoms with Gasteiger partial charge in [0, 0.05) is 36.6 Å². The van der Waals surface area contributed by atoms with Gasteiger partial charge < -0.3 is 10.2 Å². The van der Waals surface area contributed by atoms with Gasteiger partial charge in [-0.05, 0) is 37.1 Å². The fourth-order valence-corrected chi connectivity index (χ4v) is 2.80. The molecule has 1 aliphatic heterocycles. The number of fused-ring (bicyclic) bond motifs is 1. The molecule has 5 heteroatoms. The Morgan fingerprint density at radius 2 is 1.90 bits per heavy atom. The van der Waals surface area contributed by atoms with Crippen molar-refractivity contribution in [1.82, 2.24) is 10.3 Å². The molecule has 0 radical (unpaired) electrons. The van der Waals surface area contributed by atoms with Crippen LogP contribution in [-0.2, 0) is 0 Å². The van der Waals surface area contributed by atoms with Crippen molar-refractivity contribution < 1.29 is 0 Å². The van der Waals surface area contributed by atoms with Crippen LogP contribution in [0.4, 0.5) is 5.82 Å². The predicted molar refractivity (Wildman–Crippen MR) is 88.6 cm³/mol. The van der Waals surface area contributed by atoms with Crippen LogP contribution in [0.25, 0.3) is 10.9 Å². The number of rotatable bonds is 1. The second-order valence-electron chi connectivity index (χ2n) is 5.11. The lowest BCUT2D eigenvalue weighted by Gasteiger charge is -2.30. The van der Waals surface area contributed by atoms with Crippen molar-refractivity contribution in [2.24, 2.45) is 0 Å². The van der Waals surface area contributed by atoms with Gasteiger partial charge in [0.15, 0.2) is 0 Å². The molecule has 3 rings (SSSR count). The number of aromatic nitrogens is 1. The van der Waals surface area contributed by atoms with E-state index < -0.39 is 0 Å². The van der Waals surface area contributed by atoms with E-state index in [1.54, 1.807) is 0 Å². The minimum atomic E-state index is 0. The number of hydrogen-bond acceptors (Lipinski definition) is 3. The van der Waals surface area contributed by atoms with Crippen LogP contribution < -0.4 is 10.2 Å². The van der Waals surface area contributed by atoms with Crippen molar-refractivity contribution >= 4 is 40.7 Å². The van der Waals surface area contributed by atoms with Gasteiger partial charge in [0.05, 0.1) is 5.52 Å². The normalized spacial score (nSPS) is 15.2. The quantitative estimate of drug-likeness (QED) is 0.875. The lowest BCUT2D eigenvalue weighted by atomic mass is 10.1. The molecule has 0 bridgehead atoms. The topological polar surface area (TPSA) is 28.2 Å². The van der Waals surface area contributed by atoms with Gasteiger partial charge in [-0.15, -0.1) is 12.4 Å². The zero-order valence-corrected chi connectivity index (χ0v) is 13.3.